The molecule has 0 aliphatic rings. The Kier molecular flexibility index (Phi) is 6.33. The zero-order valence-electron chi connectivity index (χ0n) is 12.6. The van der Waals surface area contributed by atoms with Crippen molar-refractivity contribution in [2.24, 2.45) is 0 Å². The van der Waals surface area contributed by atoms with Crippen LogP contribution < -0.4 is 10.1 Å². The summed E-state index contributed by atoms with van der Waals surface area (Å²) in [5.74, 6) is 0.105. The van der Waals surface area contributed by atoms with E-state index in [1.54, 1.807) is 6.07 Å². The van der Waals surface area contributed by atoms with Gasteiger partial charge in [-0.1, -0.05) is 35.9 Å². The van der Waals surface area contributed by atoms with E-state index >= 15 is 0 Å². The molecule has 0 amide bonds. The van der Waals surface area contributed by atoms with Gasteiger partial charge < -0.3 is 15.2 Å². The summed E-state index contributed by atoms with van der Waals surface area (Å²) in [6.45, 7) is -0.628. The maximum absolute atomic E-state index is 12.4. The first-order chi connectivity index (χ1) is 11.0. The molecule has 0 saturated heterocycles. The lowest BCUT2D eigenvalue weighted by Gasteiger charge is -2.17. The molecular weight excluding hydrogens is 324 g/mol. The molecule has 0 radical (unpaired) electrons. The van der Waals surface area contributed by atoms with Crippen LogP contribution in [0.4, 0.5) is 8.78 Å². The molecule has 0 spiro atoms. The van der Waals surface area contributed by atoms with Gasteiger partial charge in [-0.3, -0.25) is 0 Å². The Morgan fingerprint density at radius 3 is 2.70 bits per heavy atom. The van der Waals surface area contributed by atoms with Gasteiger partial charge in [0.2, 0.25) is 0 Å². The lowest BCUT2D eigenvalue weighted by Crippen LogP contribution is -2.19. The maximum atomic E-state index is 12.4. The molecular formula is C17H18ClF2NO2. The fourth-order valence-electron chi connectivity index (χ4n) is 2.24. The van der Waals surface area contributed by atoms with Crippen molar-refractivity contribution in [1.82, 2.24) is 5.32 Å². The number of aliphatic hydroxyl groups excluding tert-OH is 1. The lowest BCUT2D eigenvalue weighted by atomic mass is 10.0. The van der Waals surface area contributed by atoms with E-state index in [2.05, 4.69) is 10.1 Å². The fraction of sp³-hybridized carbons (Fsp3) is 0.294. The summed E-state index contributed by atoms with van der Waals surface area (Å²) in [6, 6.07) is 12.0. The van der Waals surface area contributed by atoms with Gasteiger partial charge in [-0.15, -0.1) is 0 Å². The smallest absolute Gasteiger partial charge is 0.387 e. The molecule has 0 aliphatic carbocycles. The van der Waals surface area contributed by atoms with Crippen LogP contribution in [0, 0.1) is 0 Å². The van der Waals surface area contributed by atoms with Crippen molar-refractivity contribution < 1.29 is 18.6 Å². The summed E-state index contributed by atoms with van der Waals surface area (Å²) < 4.78 is 29.4. The van der Waals surface area contributed by atoms with Crippen molar-refractivity contribution in [3.05, 3.63) is 64.2 Å². The first-order valence-corrected chi connectivity index (χ1v) is 7.53. The molecule has 1 atom stereocenters. The highest BCUT2D eigenvalue weighted by Crippen LogP contribution is 2.25. The second-order valence-corrected chi connectivity index (χ2v) is 5.57. The SMILES string of the molecule is CC(NCc1cc(Cl)ccc1OC(F)F)c1cccc(CO)c1. The minimum absolute atomic E-state index is 0.0266. The Labute approximate surface area is 138 Å². The number of halogens is 3. The number of hydrogen-bond donors (Lipinski definition) is 2. The topological polar surface area (TPSA) is 41.5 Å². The number of benzene rings is 2. The fourth-order valence-corrected chi connectivity index (χ4v) is 2.43. The number of hydrogen-bond acceptors (Lipinski definition) is 3. The Bertz CT molecular complexity index is 652. The van der Waals surface area contributed by atoms with Crippen LogP contribution in [0.5, 0.6) is 5.75 Å². The van der Waals surface area contributed by atoms with Crippen molar-refractivity contribution in [3.8, 4) is 5.75 Å². The minimum Gasteiger partial charge on any atom is -0.434 e. The lowest BCUT2D eigenvalue weighted by molar-refractivity contribution is -0.0505. The van der Waals surface area contributed by atoms with E-state index in [-0.39, 0.29) is 18.4 Å². The second kappa shape index (κ2) is 8.24. The van der Waals surface area contributed by atoms with Crippen LogP contribution in [0.15, 0.2) is 42.5 Å². The molecule has 0 aromatic heterocycles. The van der Waals surface area contributed by atoms with E-state index in [1.165, 1.54) is 12.1 Å². The number of ether oxygens (including phenoxy) is 1. The van der Waals surface area contributed by atoms with Crippen LogP contribution in [0.25, 0.3) is 0 Å². The number of alkyl halides is 2. The zero-order valence-corrected chi connectivity index (χ0v) is 13.4. The largest absolute Gasteiger partial charge is 0.434 e. The highest BCUT2D eigenvalue weighted by molar-refractivity contribution is 6.30. The zero-order chi connectivity index (χ0) is 16.8. The molecule has 124 valence electrons. The molecule has 1 unspecified atom stereocenters. The summed E-state index contributed by atoms with van der Waals surface area (Å²) in [4.78, 5) is 0. The molecule has 0 heterocycles. The molecule has 0 bridgehead atoms. The van der Waals surface area contributed by atoms with Gasteiger partial charge >= 0.3 is 6.61 Å². The monoisotopic (exact) mass is 341 g/mol. The van der Waals surface area contributed by atoms with Gasteiger partial charge in [0.1, 0.15) is 5.75 Å². The molecule has 0 fully saturated rings. The summed E-state index contributed by atoms with van der Waals surface area (Å²) in [6.07, 6.45) is 0. The van der Waals surface area contributed by atoms with Crippen molar-refractivity contribution >= 4 is 11.6 Å². The normalized spacial score (nSPS) is 12.4. The van der Waals surface area contributed by atoms with Crippen molar-refractivity contribution in [2.45, 2.75) is 32.7 Å². The van der Waals surface area contributed by atoms with Gasteiger partial charge in [-0.05, 0) is 36.2 Å². The van der Waals surface area contributed by atoms with Gasteiger partial charge in [0.05, 0.1) is 6.61 Å². The minimum atomic E-state index is -2.88. The molecule has 2 aromatic rings. The van der Waals surface area contributed by atoms with Crippen LogP contribution in [-0.2, 0) is 13.2 Å². The average molecular weight is 342 g/mol. The highest BCUT2D eigenvalue weighted by atomic mass is 35.5. The summed E-state index contributed by atoms with van der Waals surface area (Å²) in [5.41, 5.74) is 2.37. The standard InChI is InChI=1S/C17H18ClF2NO2/c1-11(13-4-2-3-12(7-13)10-22)21-9-14-8-15(18)5-6-16(14)23-17(19)20/h2-8,11,17,21-22H,9-10H2,1H3. The number of aliphatic hydroxyl groups is 1. The molecule has 3 nitrogen and oxygen atoms in total. The van der Waals surface area contributed by atoms with Crippen LogP contribution in [0.1, 0.15) is 29.7 Å². The van der Waals surface area contributed by atoms with E-state index in [0.29, 0.717) is 17.1 Å². The van der Waals surface area contributed by atoms with Gasteiger partial charge in [0, 0.05) is 23.2 Å². The Hall–Kier alpha value is -1.69. The summed E-state index contributed by atoms with van der Waals surface area (Å²) in [7, 11) is 0. The van der Waals surface area contributed by atoms with E-state index in [1.807, 2.05) is 31.2 Å². The third-order valence-corrected chi connectivity index (χ3v) is 3.71. The average Bonchev–Trinajstić information content (AvgIpc) is 2.54. The number of nitrogens with one attached hydrogen (secondary N) is 1. The van der Waals surface area contributed by atoms with Crippen LogP contribution in [0.3, 0.4) is 0 Å². The maximum Gasteiger partial charge on any atom is 0.387 e. The molecule has 6 heteroatoms. The van der Waals surface area contributed by atoms with Crippen molar-refractivity contribution in [3.63, 3.8) is 0 Å². The van der Waals surface area contributed by atoms with Gasteiger partial charge in [0.25, 0.3) is 0 Å². The first-order valence-electron chi connectivity index (χ1n) is 7.16. The van der Waals surface area contributed by atoms with Gasteiger partial charge in [-0.25, -0.2) is 0 Å². The van der Waals surface area contributed by atoms with Crippen LogP contribution in [0.2, 0.25) is 5.02 Å². The van der Waals surface area contributed by atoms with E-state index in [0.717, 1.165) is 11.1 Å². The molecule has 2 rings (SSSR count). The molecule has 2 N–H and O–H groups in total. The molecule has 0 saturated carbocycles. The van der Waals surface area contributed by atoms with Crippen LogP contribution >= 0.6 is 11.6 Å². The van der Waals surface area contributed by atoms with E-state index in [9.17, 15) is 13.9 Å². The molecule has 2 aromatic carbocycles. The Morgan fingerprint density at radius 1 is 1.22 bits per heavy atom. The van der Waals surface area contributed by atoms with E-state index in [4.69, 9.17) is 11.6 Å². The predicted octanol–water partition coefficient (Wildman–Crippen LogP) is 4.28. The summed E-state index contributed by atoms with van der Waals surface area (Å²) >= 11 is 5.93. The quantitative estimate of drug-likeness (QED) is 0.789. The predicted molar refractivity (Wildman–Crippen MR) is 85.7 cm³/mol. The molecule has 0 aliphatic heterocycles. The van der Waals surface area contributed by atoms with Crippen LogP contribution in [-0.4, -0.2) is 11.7 Å². The van der Waals surface area contributed by atoms with Crippen molar-refractivity contribution in [2.75, 3.05) is 0 Å². The summed E-state index contributed by atoms with van der Waals surface area (Å²) in [5, 5.41) is 12.9. The molecule has 23 heavy (non-hydrogen) atoms. The van der Waals surface area contributed by atoms with E-state index < -0.39 is 6.61 Å². The highest BCUT2D eigenvalue weighted by Gasteiger charge is 2.12. The second-order valence-electron chi connectivity index (χ2n) is 5.14. The van der Waals surface area contributed by atoms with Gasteiger partial charge in [-0.2, -0.15) is 8.78 Å². The van der Waals surface area contributed by atoms with Crippen molar-refractivity contribution in [1.29, 1.82) is 0 Å². The Balaban J connectivity index is 2.08. The third-order valence-electron chi connectivity index (χ3n) is 3.47. The third kappa shape index (κ3) is 5.16. The number of rotatable bonds is 7. The van der Waals surface area contributed by atoms with Gasteiger partial charge in [0.15, 0.2) is 0 Å². The first kappa shape index (κ1) is 17.7. The Morgan fingerprint density at radius 2 is 2.00 bits per heavy atom.